The maximum Gasteiger partial charge on any atom is 0.223 e. The first-order valence-electron chi connectivity index (χ1n) is 4.24. The van der Waals surface area contributed by atoms with Crippen molar-refractivity contribution in [3.63, 3.8) is 0 Å². The van der Waals surface area contributed by atoms with Crippen molar-refractivity contribution >= 4 is 0 Å². The highest BCUT2D eigenvalue weighted by atomic mass is 16.5. The number of hydrogen-bond donors (Lipinski definition) is 1. The van der Waals surface area contributed by atoms with Gasteiger partial charge in [-0.05, 0) is 6.92 Å². The fourth-order valence-electron chi connectivity index (χ4n) is 0.988. The molecule has 5 heteroatoms. The minimum absolute atomic E-state index is 0.295. The molecule has 1 aromatic rings. The predicted molar refractivity (Wildman–Crippen MR) is 47.2 cm³/mol. The zero-order valence-corrected chi connectivity index (χ0v) is 8.20. The Morgan fingerprint density at radius 1 is 1.62 bits per heavy atom. The van der Waals surface area contributed by atoms with Crippen molar-refractivity contribution in [2.75, 3.05) is 13.7 Å². The third-order valence-corrected chi connectivity index (χ3v) is 1.59. The Labute approximate surface area is 77.5 Å². The lowest BCUT2D eigenvalue weighted by atomic mass is 10.3. The fraction of sp³-hybridized carbons (Fsp3) is 0.750. The summed E-state index contributed by atoms with van der Waals surface area (Å²) in [6, 6.07) is 0.295. The van der Waals surface area contributed by atoms with Gasteiger partial charge in [0.25, 0.3) is 0 Å². The quantitative estimate of drug-likeness (QED) is 0.724. The number of hydrogen-bond acceptors (Lipinski definition) is 5. The third kappa shape index (κ3) is 3.52. The number of rotatable bonds is 5. The van der Waals surface area contributed by atoms with Crippen molar-refractivity contribution in [2.24, 2.45) is 0 Å². The number of nitrogens with one attached hydrogen (secondary N) is 1. The summed E-state index contributed by atoms with van der Waals surface area (Å²) in [5.74, 6) is 1.27. The molecule has 1 N–H and O–H groups in total. The maximum atomic E-state index is 4.97. The van der Waals surface area contributed by atoms with E-state index in [0.29, 0.717) is 30.9 Å². The molecule has 1 aromatic heterocycles. The Morgan fingerprint density at radius 3 is 2.92 bits per heavy atom. The van der Waals surface area contributed by atoms with Crippen LogP contribution in [0.15, 0.2) is 4.52 Å². The fourth-order valence-corrected chi connectivity index (χ4v) is 0.988. The molecule has 0 bridgehead atoms. The normalized spacial score (nSPS) is 13.2. The summed E-state index contributed by atoms with van der Waals surface area (Å²) >= 11 is 0. The van der Waals surface area contributed by atoms with Gasteiger partial charge in [0.05, 0.1) is 13.2 Å². The van der Waals surface area contributed by atoms with Gasteiger partial charge in [-0.2, -0.15) is 4.98 Å². The molecule has 1 rings (SSSR count). The van der Waals surface area contributed by atoms with Crippen LogP contribution in [0.2, 0.25) is 0 Å². The van der Waals surface area contributed by atoms with Crippen LogP contribution in [0.25, 0.3) is 0 Å². The monoisotopic (exact) mass is 185 g/mol. The number of aryl methyl sites for hydroxylation is 1. The average Bonchev–Trinajstić information content (AvgIpc) is 2.49. The molecule has 0 fully saturated rings. The van der Waals surface area contributed by atoms with Crippen LogP contribution in [-0.2, 0) is 11.3 Å². The van der Waals surface area contributed by atoms with Crippen LogP contribution in [0.1, 0.15) is 18.6 Å². The first-order valence-corrected chi connectivity index (χ1v) is 4.24. The van der Waals surface area contributed by atoms with Gasteiger partial charge in [-0.25, -0.2) is 0 Å². The largest absolute Gasteiger partial charge is 0.383 e. The summed E-state index contributed by atoms with van der Waals surface area (Å²) in [5, 5.41) is 6.96. The molecule has 0 saturated heterocycles. The van der Waals surface area contributed by atoms with E-state index in [9.17, 15) is 0 Å². The van der Waals surface area contributed by atoms with E-state index in [2.05, 4.69) is 15.5 Å². The molecule has 13 heavy (non-hydrogen) atoms. The Kier molecular flexibility index (Phi) is 3.85. The minimum Gasteiger partial charge on any atom is -0.383 e. The van der Waals surface area contributed by atoms with Gasteiger partial charge in [0, 0.05) is 20.1 Å². The highest BCUT2D eigenvalue weighted by molar-refractivity contribution is 4.83. The van der Waals surface area contributed by atoms with Crippen LogP contribution >= 0.6 is 0 Å². The van der Waals surface area contributed by atoms with Gasteiger partial charge >= 0.3 is 0 Å². The summed E-state index contributed by atoms with van der Waals surface area (Å²) in [5.41, 5.74) is 0. The van der Waals surface area contributed by atoms with Crippen molar-refractivity contribution in [3.05, 3.63) is 11.7 Å². The van der Waals surface area contributed by atoms with Crippen molar-refractivity contribution in [1.82, 2.24) is 15.5 Å². The number of ether oxygens (including phenoxy) is 1. The van der Waals surface area contributed by atoms with E-state index in [1.54, 1.807) is 14.0 Å². The van der Waals surface area contributed by atoms with E-state index in [1.165, 1.54) is 0 Å². The Balaban J connectivity index is 2.26. The summed E-state index contributed by atoms with van der Waals surface area (Å²) in [7, 11) is 1.68. The summed E-state index contributed by atoms with van der Waals surface area (Å²) in [6.07, 6.45) is 0. The van der Waals surface area contributed by atoms with Gasteiger partial charge in [0.2, 0.25) is 5.89 Å². The second kappa shape index (κ2) is 4.94. The van der Waals surface area contributed by atoms with E-state index in [1.807, 2.05) is 6.92 Å². The number of nitrogens with zero attached hydrogens (tertiary/aromatic N) is 2. The van der Waals surface area contributed by atoms with Crippen LogP contribution in [0.4, 0.5) is 0 Å². The summed E-state index contributed by atoms with van der Waals surface area (Å²) in [6.45, 7) is 5.10. The van der Waals surface area contributed by atoms with E-state index >= 15 is 0 Å². The average molecular weight is 185 g/mol. The van der Waals surface area contributed by atoms with Crippen LogP contribution in [0.5, 0.6) is 0 Å². The Morgan fingerprint density at radius 2 is 2.38 bits per heavy atom. The standard InChI is InChI=1S/C8H15N3O2/c1-6(5-12-3)9-4-8-10-7(2)13-11-8/h6,9H,4-5H2,1-3H3. The highest BCUT2D eigenvalue weighted by Gasteiger charge is 2.04. The van der Waals surface area contributed by atoms with Gasteiger partial charge in [0.1, 0.15) is 0 Å². The first kappa shape index (κ1) is 10.1. The maximum absolute atomic E-state index is 4.97. The number of aromatic nitrogens is 2. The van der Waals surface area contributed by atoms with Gasteiger partial charge in [-0.15, -0.1) is 0 Å². The molecule has 1 heterocycles. The van der Waals surface area contributed by atoms with Gasteiger partial charge < -0.3 is 14.6 Å². The Bertz CT molecular complexity index is 249. The molecule has 0 spiro atoms. The van der Waals surface area contributed by atoms with Crippen molar-refractivity contribution in [1.29, 1.82) is 0 Å². The van der Waals surface area contributed by atoms with E-state index in [4.69, 9.17) is 9.26 Å². The van der Waals surface area contributed by atoms with Crippen molar-refractivity contribution in [2.45, 2.75) is 26.4 Å². The smallest absolute Gasteiger partial charge is 0.223 e. The number of methoxy groups -OCH3 is 1. The van der Waals surface area contributed by atoms with Gasteiger partial charge in [0.15, 0.2) is 5.82 Å². The molecule has 0 aliphatic rings. The highest BCUT2D eigenvalue weighted by Crippen LogP contribution is 1.94. The van der Waals surface area contributed by atoms with Crippen molar-refractivity contribution in [3.8, 4) is 0 Å². The van der Waals surface area contributed by atoms with Gasteiger partial charge in [-0.3, -0.25) is 0 Å². The molecule has 0 amide bonds. The van der Waals surface area contributed by atoms with Crippen LogP contribution < -0.4 is 5.32 Å². The summed E-state index contributed by atoms with van der Waals surface area (Å²) in [4.78, 5) is 4.06. The second-order valence-corrected chi connectivity index (χ2v) is 2.97. The molecule has 0 saturated carbocycles. The molecule has 0 aliphatic carbocycles. The SMILES string of the molecule is COCC(C)NCc1noc(C)n1. The minimum atomic E-state index is 0.295. The molecule has 0 aliphatic heterocycles. The second-order valence-electron chi connectivity index (χ2n) is 2.97. The van der Waals surface area contributed by atoms with Crippen molar-refractivity contribution < 1.29 is 9.26 Å². The zero-order chi connectivity index (χ0) is 9.68. The lowest BCUT2D eigenvalue weighted by molar-refractivity contribution is 0.171. The molecular weight excluding hydrogens is 170 g/mol. The molecule has 1 atom stereocenters. The molecular formula is C8H15N3O2. The van der Waals surface area contributed by atoms with Crippen LogP contribution in [-0.4, -0.2) is 29.9 Å². The van der Waals surface area contributed by atoms with E-state index < -0.39 is 0 Å². The zero-order valence-electron chi connectivity index (χ0n) is 8.20. The summed E-state index contributed by atoms with van der Waals surface area (Å²) < 4.78 is 9.79. The predicted octanol–water partition coefficient (Wildman–Crippen LogP) is 0.503. The topological polar surface area (TPSA) is 60.2 Å². The third-order valence-electron chi connectivity index (χ3n) is 1.59. The molecule has 74 valence electrons. The van der Waals surface area contributed by atoms with E-state index in [0.717, 1.165) is 0 Å². The molecule has 0 aromatic carbocycles. The van der Waals surface area contributed by atoms with E-state index in [-0.39, 0.29) is 0 Å². The van der Waals surface area contributed by atoms with Crippen LogP contribution in [0.3, 0.4) is 0 Å². The molecule has 1 unspecified atom stereocenters. The lowest BCUT2D eigenvalue weighted by Gasteiger charge is -2.09. The molecule has 5 nitrogen and oxygen atoms in total. The molecule has 0 radical (unpaired) electrons. The van der Waals surface area contributed by atoms with Gasteiger partial charge in [-0.1, -0.05) is 5.16 Å². The van der Waals surface area contributed by atoms with Crippen LogP contribution in [0, 0.1) is 6.92 Å². The lowest BCUT2D eigenvalue weighted by Crippen LogP contribution is -2.29. The Hall–Kier alpha value is -0.940. The first-order chi connectivity index (χ1) is 6.22.